The summed E-state index contributed by atoms with van der Waals surface area (Å²) in [7, 11) is 2.26. The van der Waals surface area contributed by atoms with E-state index in [1.54, 1.807) is 0 Å². The Kier molecular flexibility index (Phi) is 6.93. The van der Waals surface area contributed by atoms with E-state index in [1.807, 2.05) is 0 Å². The third-order valence-corrected chi connectivity index (χ3v) is 4.11. The van der Waals surface area contributed by atoms with Gasteiger partial charge in [0.1, 0.15) is 0 Å². The van der Waals surface area contributed by atoms with E-state index in [2.05, 4.69) is 31.1 Å². The van der Waals surface area contributed by atoms with Crippen LogP contribution in [0.15, 0.2) is 0 Å². The number of nitrogens with zero attached hydrogens (tertiary/aromatic N) is 1. The highest BCUT2D eigenvalue weighted by Crippen LogP contribution is 2.28. The lowest BCUT2D eigenvalue weighted by atomic mass is 9.99. The van der Waals surface area contributed by atoms with Crippen LogP contribution in [0.3, 0.4) is 0 Å². The van der Waals surface area contributed by atoms with Crippen LogP contribution in [-0.2, 0) is 4.74 Å². The molecule has 2 saturated heterocycles. The number of piperidine rings is 1. The van der Waals surface area contributed by atoms with Gasteiger partial charge < -0.3 is 15.0 Å². The van der Waals surface area contributed by atoms with Crippen molar-refractivity contribution in [1.82, 2.24) is 10.2 Å². The smallest absolute Gasteiger partial charge is 0.0593 e. The summed E-state index contributed by atoms with van der Waals surface area (Å²) in [5.74, 6) is 0.648. The van der Waals surface area contributed by atoms with Gasteiger partial charge >= 0.3 is 0 Å². The van der Waals surface area contributed by atoms with Gasteiger partial charge in [0.15, 0.2) is 0 Å². The van der Waals surface area contributed by atoms with E-state index in [-0.39, 0.29) is 12.4 Å². The molecule has 2 fully saturated rings. The highest BCUT2D eigenvalue weighted by Gasteiger charge is 2.34. The van der Waals surface area contributed by atoms with Crippen LogP contribution in [-0.4, -0.2) is 49.8 Å². The quantitative estimate of drug-likeness (QED) is 0.754. The zero-order valence-corrected chi connectivity index (χ0v) is 12.8. The number of rotatable bonds is 6. The minimum atomic E-state index is 0. The molecule has 2 rings (SSSR count). The molecule has 2 aliphatic rings. The third kappa shape index (κ3) is 4.69. The lowest BCUT2D eigenvalue weighted by Gasteiger charge is -2.35. The monoisotopic (exact) mass is 276 g/mol. The minimum absolute atomic E-state index is 0. The van der Waals surface area contributed by atoms with Crippen LogP contribution in [0.5, 0.6) is 0 Å². The van der Waals surface area contributed by atoms with Gasteiger partial charge in [-0.25, -0.2) is 0 Å². The molecule has 0 aliphatic carbocycles. The fraction of sp³-hybridized carbons (Fsp3) is 1.00. The van der Waals surface area contributed by atoms with Gasteiger partial charge in [-0.15, -0.1) is 12.4 Å². The molecule has 0 saturated carbocycles. The number of hydrogen-bond donors (Lipinski definition) is 1. The first-order chi connectivity index (χ1) is 8.15. The first-order valence-electron chi connectivity index (χ1n) is 7.19. The molecule has 0 radical (unpaired) electrons. The van der Waals surface area contributed by atoms with E-state index in [9.17, 15) is 0 Å². The lowest BCUT2D eigenvalue weighted by molar-refractivity contribution is 0.0722. The summed E-state index contributed by atoms with van der Waals surface area (Å²) in [5, 5.41) is 3.70. The first-order valence-corrected chi connectivity index (χ1v) is 7.19. The highest BCUT2D eigenvalue weighted by molar-refractivity contribution is 5.85. The van der Waals surface area contributed by atoms with Crippen LogP contribution in [0.2, 0.25) is 0 Å². The van der Waals surface area contributed by atoms with Gasteiger partial charge in [0.25, 0.3) is 0 Å². The molecule has 2 bridgehead atoms. The maximum atomic E-state index is 5.67. The molecule has 2 atom stereocenters. The van der Waals surface area contributed by atoms with Crippen molar-refractivity contribution < 1.29 is 4.74 Å². The third-order valence-electron chi connectivity index (χ3n) is 4.11. The Morgan fingerprint density at radius 3 is 2.39 bits per heavy atom. The normalized spacial score (nSPS) is 30.8. The predicted octanol–water partition coefficient (Wildman–Crippen LogP) is 2.30. The summed E-state index contributed by atoms with van der Waals surface area (Å²) in [6.45, 7) is 7.26. The Bertz CT molecular complexity index is 226. The maximum Gasteiger partial charge on any atom is 0.0593 e. The minimum Gasteiger partial charge on any atom is -0.380 e. The lowest BCUT2D eigenvalue weighted by Crippen LogP contribution is -2.47. The van der Waals surface area contributed by atoms with E-state index in [4.69, 9.17) is 4.74 Å². The van der Waals surface area contributed by atoms with Crippen molar-refractivity contribution in [2.45, 2.75) is 57.7 Å². The Labute approximate surface area is 118 Å². The van der Waals surface area contributed by atoms with Crippen LogP contribution in [0.1, 0.15) is 39.5 Å². The summed E-state index contributed by atoms with van der Waals surface area (Å²) >= 11 is 0. The van der Waals surface area contributed by atoms with Crippen molar-refractivity contribution in [3.05, 3.63) is 0 Å². The molecule has 2 unspecified atom stereocenters. The number of fused-ring (bicyclic) bond motifs is 2. The summed E-state index contributed by atoms with van der Waals surface area (Å²) in [5.41, 5.74) is 0. The van der Waals surface area contributed by atoms with Crippen molar-refractivity contribution in [2.24, 2.45) is 5.92 Å². The topological polar surface area (TPSA) is 24.5 Å². The maximum absolute atomic E-state index is 5.67. The molecule has 0 aromatic rings. The Morgan fingerprint density at radius 2 is 1.83 bits per heavy atom. The first kappa shape index (κ1) is 16.2. The molecule has 4 heteroatoms. The fourth-order valence-corrected chi connectivity index (χ4v) is 3.10. The molecule has 0 aromatic carbocycles. The Hall–Kier alpha value is 0.170. The van der Waals surface area contributed by atoms with E-state index in [0.29, 0.717) is 5.92 Å². The van der Waals surface area contributed by atoms with Gasteiger partial charge in [0.2, 0.25) is 0 Å². The number of likely N-dealkylation sites (N-methyl/N-ethyl adjacent to an activating group) is 1. The van der Waals surface area contributed by atoms with Crippen LogP contribution >= 0.6 is 12.4 Å². The van der Waals surface area contributed by atoms with Gasteiger partial charge in [0.05, 0.1) is 6.61 Å². The molecule has 108 valence electrons. The van der Waals surface area contributed by atoms with Crippen LogP contribution in [0.4, 0.5) is 0 Å². The second-order valence-electron chi connectivity index (χ2n) is 6.21. The van der Waals surface area contributed by atoms with Gasteiger partial charge in [0, 0.05) is 31.3 Å². The van der Waals surface area contributed by atoms with Crippen LogP contribution < -0.4 is 5.32 Å². The van der Waals surface area contributed by atoms with Crippen molar-refractivity contribution in [2.75, 3.05) is 26.8 Å². The zero-order chi connectivity index (χ0) is 12.3. The standard InChI is InChI=1S/C14H28N2O.ClH/c1-11(2)10-17-7-6-16(3)14-8-12-4-5-13(9-14)15-12;/h11-15H,4-10H2,1-3H3;1H. The van der Waals surface area contributed by atoms with E-state index >= 15 is 0 Å². The number of nitrogens with one attached hydrogen (secondary N) is 1. The summed E-state index contributed by atoms with van der Waals surface area (Å²) in [6.07, 6.45) is 5.44. The highest BCUT2D eigenvalue weighted by atomic mass is 35.5. The summed E-state index contributed by atoms with van der Waals surface area (Å²) < 4.78 is 5.67. The molecule has 3 nitrogen and oxygen atoms in total. The van der Waals surface area contributed by atoms with Crippen LogP contribution in [0.25, 0.3) is 0 Å². The van der Waals surface area contributed by atoms with Crippen molar-refractivity contribution in [3.63, 3.8) is 0 Å². The van der Waals surface area contributed by atoms with Crippen LogP contribution in [0, 0.1) is 5.92 Å². The average molecular weight is 277 g/mol. The fourth-order valence-electron chi connectivity index (χ4n) is 3.10. The molecule has 2 aliphatic heterocycles. The molecule has 0 aromatic heterocycles. The molecular weight excluding hydrogens is 248 g/mol. The van der Waals surface area contributed by atoms with Crippen molar-refractivity contribution in [3.8, 4) is 0 Å². The molecular formula is C14H29ClN2O. The zero-order valence-electron chi connectivity index (χ0n) is 12.0. The second-order valence-corrected chi connectivity index (χ2v) is 6.21. The van der Waals surface area contributed by atoms with E-state index < -0.39 is 0 Å². The Balaban J connectivity index is 0.00000162. The average Bonchev–Trinajstić information content (AvgIpc) is 2.63. The molecule has 1 N–H and O–H groups in total. The predicted molar refractivity (Wildman–Crippen MR) is 78.5 cm³/mol. The van der Waals surface area contributed by atoms with Gasteiger partial charge in [-0.3, -0.25) is 0 Å². The Morgan fingerprint density at radius 1 is 1.22 bits per heavy atom. The SMILES string of the molecule is CC(C)COCCN(C)C1CC2CCC(C1)N2.Cl. The summed E-state index contributed by atoms with van der Waals surface area (Å²) in [4.78, 5) is 2.51. The second kappa shape index (κ2) is 7.68. The van der Waals surface area contributed by atoms with Gasteiger partial charge in [-0.05, 0) is 38.6 Å². The number of ether oxygens (including phenoxy) is 1. The molecule has 18 heavy (non-hydrogen) atoms. The molecule has 2 heterocycles. The van der Waals surface area contributed by atoms with Gasteiger partial charge in [-0.1, -0.05) is 13.8 Å². The molecule has 0 amide bonds. The summed E-state index contributed by atoms with van der Waals surface area (Å²) in [6, 6.07) is 2.35. The van der Waals surface area contributed by atoms with E-state index in [0.717, 1.165) is 37.9 Å². The largest absolute Gasteiger partial charge is 0.380 e. The van der Waals surface area contributed by atoms with Crippen molar-refractivity contribution in [1.29, 1.82) is 0 Å². The molecule has 0 spiro atoms. The van der Waals surface area contributed by atoms with Crippen molar-refractivity contribution >= 4 is 12.4 Å². The number of hydrogen-bond acceptors (Lipinski definition) is 3. The number of halogens is 1. The van der Waals surface area contributed by atoms with Gasteiger partial charge in [-0.2, -0.15) is 0 Å². The van der Waals surface area contributed by atoms with E-state index in [1.165, 1.54) is 25.7 Å².